The lowest BCUT2D eigenvalue weighted by Gasteiger charge is -2.22. The van der Waals surface area contributed by atoms with Crippen molar-refractivity contribution in [3.05, 3.63) is 59.2 Å². The van der Waals surface area contributed by atoms with E-state index in [0.717, 1.165) is 18.3 Å². The van der Waals surface area contributed by atoms with Crippen LogP contribution in [0, 0.1) is 0 Å². The molecule has 0 N–H and O–H groups in total. The van der Waals surface area contributed by atoms with Crippen LogP contribution in [0.2, 0.25) is 0 Å². The molecule has 20 heavy (non-hydrogen) atoms. The zero-order chi connectivity index (χ0) is 14.2. The van der Waals surface area contributed by atoms with Gasteiger partial charge in [0.1, 0.15) is 6.29 Å². The molecule has 1 heteroatoms. The number of benzene rings is 1. The summed E-state index contributed by atoms with van der Waals surface area (Å²) >= 11 is 0. The van der Waals surface area contributed by atoms with E-state index in [0.29, 0.717) is 0 Å². The van der Waals surface area contributed by atoms with Gasteiger partial charge in [-0.15, -0.1) is 0 Å². The van der Waals surface area contributed by atoms with Crippen LogP contribution in [-0.2, 0) is 4.79 Å². The topological polar surface area (TPSA) is 17.1 Å². The van der Waals surface area contributed by atoms with Crippen molar-refractivity contribution < 1.29 is 4.79 Å². The summed E-state index contributed by atoms with van der Waals surface area (Å²) in [4.78, 5) is 11.3. The van der Waals surface area contributed by atoms with Crippen LogP contribution in [0.5, 0.6) is 0 Å². The highest BCUT2D eigenvalue weighted by Gasteiger charge is 2.20. The molecule has 0 saturated heterocycles. The lowest BCUT2D eigenvalue weighted by atomic mass is 9.81. The third kappa shape index (κ3) is 3.93. The van der Waals surface area contributed by atoms with Crippen molar-refractivity contribution in [1.82, 2.24) is 0 Å². The Hall–Kier alpha value is -1.63. The molecule has 1 unspecified atom stereocenters. The number of unbranched alkanes of at least 4 members (excludes halogenated alkanes) is 3. The fraction of sp³-hybridized carbons (Fsp3) is 0.421. The molecule has 0 saturated carbocycles. The van der Waals surface area contributed by atoms with Gasteiger partial charge in [-0.25, -0.2) is 0 Å². The molecule has 106 valence electrons. The summed E-state index contributed by atoms with van der Waals surface area (Å²) in [6.07, 6.45) is 12.6. The van der Waals surface area contributed by atoms with Crippen molar-refractivity contribution >= 4 is 6.29 Å². The van der Waals surface area contributed by atoms with Gasteiger partial charge in [-0.1, -0.05) is 74.2 Å². The van der Waals surface area contributed by atoms with Crippen molar-refractivity contribution in [3.63, 3.8) is 0 Å². The molecule has 1 nitrogen and oxygen atoms in total. The van der Waals surface area contributed by atoms with E-state index in [1.165, 1.54) is 43.2 Å². The summed E-state index contributed by atoms with van der Waals surface area (Å²) in [5, 5.41) is 0. The predicted octanol–water partition coefficient (Wildman–Crippen LogP) is 5.20. The highest BCUT2D eigenvalue weighted by atomic mass is 16.1. The highest BCUT2D eigenvalue weighted by Crippen LogP contribution is 2.34. The molecule has 1 aromatic carbocycles. The maximum atomic E-state index is 11.3. The molecule has 1 aliphatic carbocycles. The molecule has 0 spiro atoms. The highest BCUT2D eigenvalue weighted by molar-refractivity contribution is 5.77. The Morgan fingerprint density at radius 3 is 2.60 bits per heavy atom. The van der Waals surface area contributed by atoms with E-state index in [1.54, 1.807) is 0 Å². The number of carbonyl (C=O) groups excluding carboxylic acids is 1. The second-order valence-corrected chi connectivity index (χ2v) is 5.59. The van der Waals surface area contributed by atoms with Crippen LogP contribution in [0.4, 0.5) is 0 Å². The Morgan fingerprint density at radius 2 is 1.90 bits per heavy atom. The number of allylic oxidation sites excluding steroid dienone is 4. The summed E-state index contributed by atoms with van der Waals surface area (Å²) in [5.41, 5.74) is 3.65. The minimum Gasteiger partial charge on any atom is -0.298 e. The summed E-state index contributed by atoms with van der Waals surface area (Å²) in [7, 11) is 0. The van der Waals surface area contributed by atoms with Gasteiger partial charge in [-0.3, -0.25) is 4.79 Å². The van der Waals surface area contributed by atoms with Crippen molar-refractivity contribution in [2.45, 2.75) is 51.4 Å². The zero-order valence-corrected chi connectivity index (χ0v) is 12.3. The van der Waals surface area contributed by atoms with Crippen molar-refractivity contribution in [3.8, 4) is 0 Å². The summed E-state index contributed by atoms with van der Waals surface area (Å²) < 4.78 is 0. The van der Waals surface area contributed by atoms with Crippen LogP contribution >= 0.6 is 0 Å². The number of rotatable bonds is 7. The fourth-order valence-electron chi connectivity index (χ4n) is 2.86. The zero-order valence-electron chi connectivity index (χ0n) is 12.3. The summed E-state index contributed by atoms with van der Waals surface area (Å²) in [5.74, 6) is 0.250. The summed E-state index contributed by atoms with van der Waals surface area (Å²) in [6.45, 7) is 2.24. The number of hydrogen-bond acceptors (Lipinski definition) is 1. The van der Waals surface area contributed by atoms with Crippen LogP contribution in [0.3, 0.4) is 0 Å². The molecule has 0 fully saturated rings. The van der Waals surface area contributed by atoms with E-state index >= 15 is 0 Å². The standard InChI is InChI=1S/C19H24O/c1-2-3-4-6-9-16-12-13-18(15-20)19(14-16)17-10-7-5-8-11-17/h5,7-8,10-13,15,19H,2-4,6,9,14H2,1H3. The van der Waals surface area contributed by atoms with Gasteiger partial charge in [-0.05, 0) is 30.4 Å². The van der Waals surface area contributed by atoms with Gasteiger partial charge >= 0.3 is 0 Å². The number of carbonyl (C=O) groups is 1. The molecule has 0 heterocycles. The number of hydrogen-bond donors (Lipinski definition) is 0. The minimum absolute atomic E-state index is 0.250. The average molecular weight is 268 g/mol. The predicted molar refractivity (Wildman–Crippen MR) is 84.8 cm³/mol. The Labute approximate surface area is 122 Å². The normalized spacial score (nSPS) is 18.4. The van der Waals surface area contributed by atoms with Crippen LogP contribution in [0.15, 0.2) is 53.6 Å². The maximum Gasteiger partial charge on any atom is 0.146 e. The molecule has 2 rings (SSSR count). The largest absolute Gasteiger partial charge is 0.298 e. The second kappa shape index (κ2) is 7.84. The molecule has 1 aromatic rings. The van der Waals surface area contributed by atoms with E-state index < -0.39 is 0 Å². The third-order valence-electron chi connectivity index (χ3n) is 4.07. The van der Waals surface area contributed by atoms with Crippen molar-refractivity contribution in [2.24, 2.45) is 0 Å². The van der Waals surface area contributed by atoms with E-state index in [2.05, 4.69) is 37.3 Å². The smallest absolute Gasteiger partial charge is 0.146 e. The quantitative estimate of drug-likeness (QED) is 0.491. The van der Waals surface area contributed by atoms with Crippen LogP contribution in [0.25, 0.3) is 0 Å². The van der Waals surface area contributed by atoms with E-state index in [4.69, 9.17) is 0 Å². The van der Waals surface area contributed by atoms with E-state index in [1.807, 2.05) is 12.1 Å². The van der Waals surface area contributed by atoms with E-state index in [-0.39, 0.29) is 5.92 Å². The molecule has 1 atom stereocenters. The molecule has 0 bridgehead atoms. The molecule has 0 aliphatic heterocycles. The van der Waals surface area contributed by atoms with Gasteiger partial charge in [0.05, 0.1) is 0 Å². The summed E-state index contributed by atoms with van der Waals surface area (Å²) in [6, 6.07) is 10.4. The lowest BCUT2D eigenvalue weighted by Crippen LogP contribution is -2.09. The molecule has 1 aliphatic rings. The Kier molecular flexibility index (Phi) is 5.79. The first kappa shape index (κ1) is 14.8. The van der Waals surface area contributed by atoms with Crippen LogP contribution in [-0.4, -0.2) is 6.29 Å². The van der Waals surface area contributed by atoms with Crippen LogP contribution in [0.1, 0.15) is 56.9 Å². The first-order valence-corrected chi connectivity index (χ1v) is 7.75. The second-order valence-electron chi connectivity index (χ2n) is 5.59. The Bertz CT molecular complexity index is 482. The number of aldehydes is 1. The Morgan fingerprint density at radius 1 is 1.10 bits per heavy atom. The molecular weight excluding hydrogens is 244 g/mol. The first-order valence-electron chi connectivity index (χ1n) is 7.75. The van der Waals surface area contributed by atoms with E-state index in [9.17, 15) is 4.79 Å². The van der Waals surface area contributed by atoms with Gasteiger partial charge in [0, 0.05) is 5.92 Å². The average Bonchev–Trinajstić information content (AvgIpc) is 2.52. The van der Waals surface area contributed by atoms with Gasteiger partial charge in [0.15, 0.2) is 0 Å². The Balaban J connectivity index is 2.02. The fourth-order valence-corrected chi connectivity index (χ4v) is 2.86. The first-order chi connectivity index (χ1) is 9.85. The van der Waals surface area contributed by atoms with Crippen LogP contribution < -0.4 is 0 Å². The van der Waals surface area contributed by atoms with Gasteiger partial charge < -0.3 is 0 Å². The van der Waals surface area contributed by atoms with Gasteiger partial charge in [-0.2, -0.15) is 0 Å². The minimum atomic E-state index is 0.250. The van der Waals surface area contributed by atoms with Gasteiger partial charge in [0.2, 0.25) is 0 Å². The molecular formula is C19H24O. The molecule has 0 amide bonds. The van der Waals surface area contributed by atoms with Crippen molar-refractivity contribution in [1.29, 1.82) is 0 Å². The molecule has 0 radical (unpaired) electrons. The third-order valence-corrected chi connectivity index (χ3v) is 4.07. The monoisotopic (exact) mass is 268 g/mol. The SMILES string of the molecule is CCCCCCC1=CC=C(C=O)C(c2ccccc2)C1. The molecule has 0 aromatic heterocycles. The lowest BCUT2D eigenvalue weighted by molar-refractivity contribution is -0.105. The maximum absolute atomic E-state index is 11.3. The van der Waals surface area contributed by atoms with Gasteiger partial charge in [0.25, 0.3) is 0 Å². The van der Waals surface area contributed by atoms with Crippen molar-refractivity contribution in [2.75, 3.05) is 0 Å².